The van der Waals surface area contributed by atoms with Crippen molar-refractivity contribution >= 4 is 32.8 Å². The first-order chi connectivity index (χ1) is 11.9. The molecule has 0 aliphatic carbocycles. The van der Waals surface area contributed by atoms with E-state index < -0.39 is 10.1 Å². The maximum atomic E-state index is 10.8. The highest BCUT2D eigenvalue weighted by molar-refractivity contribution is 7.85. The summed E-state index contributed by atoms with van der Waals surface area (Å²) in [6.07, 6.45) is 0.949. The summed E-state index contributed by atoms with van der Waals surface area (Å²) in [6.45, 7) is 2.64. The summed E-state index contributed by atoms with van der Waals surface area (Å²) in [7, 11) is -4.16. The number of para-hydroxylation sites is 1. The van der Waals surface area contributed by atoms with E-state index in [4.69, 9.17) is 11.6 Å². The number of aromatic nitrogens is 2. The summed E-state index contributed by atoms with van der Waals surface area (Å²) in [4.78, 5) is 0. The number of halogens is 1. The highest BCUT2D eigenvalue weighted by Gasteiger charge is 2.23. The van der Waals surface area contributed by atoms with E-state index in [1.807, 2.05) is 55.5 Å². The van der Waals surface area contributed by atoms with Gasteiger partial charge in [0.05, 0.1) is 16.7 Å². The van der Waals surface area contributed by atoms with Crippen molar-refractivity contribution in [1.29, 1.82) is 0 Å². The Morgan fingerprint density at radius 3 is 2.52 bits per heavy atom. The van der Waals surface area contributed by atoms with E-state index in [1.165, 1.54) is 0 Å². The van der Waals surface area contributed by atoms with Crippen molar-refractivity contribution in [3.05, 3.63) is 59.4 Å². The highest BCUT2D eigenvalue weighted by Crippen LogP contribution is 2.23. The van der Waals surface area contributed by atoms with Crippen molar-refractivity contribution in [2.75, 3.05) is 5.75 Å². The molecule has 0 unspecified atom stereocenters. The van der Waals surface area contributed by atoms with Gasteiger partial charge in [-0.15, -0.1) is 0 Å². The third kappa shape index (κ3) is 4.03. The molecular formula is C18H19ClN2O3S. The second-order valence-corrected chi connectivity index (χ2v) is 7.93. The quantitative estimate of drug-likeness (QED) is 0.376. The van der Waals surface area contributed by atoms with Gasteiger partial charge in [-0.05, 0) is 37.1 Å². The van der Waals surface area contributed by atoms with Crippen LogP contribution in [0.1, 0.15) is 18.7 Å². The van der Waals surface area contributed by atoms with Gasteiger partial charge < -0.3 is 4.55 Å². The van der Waals surface area contributed by atoms with Crippen molar-refractivity contribution in [2.45, 2.75) is 26.3 Å². The van der Waals surface area contributed by atoms with Gasteiger partial charge in [0.15, 0.2) is 11.0 Å². The number of benzene rings is 2. The lowest BCUT2D eigenvalue weighted by Crippen LogP contribution is -2.36. The van der Waals surface area contributed by atoms with Gasteiger partial charge in [-0.2, -0.15) is 4.57 Å². The van der Waals surface area contributed by atoms with Crippen LogP contribution in [0.2, 0.25) is 5.02 Å². The second-order valence-electron chi connectivity index (χ2n) is 5.97. The normalized spacial score (nSPS) is 12.0. The summed E-state index contributed by atoms with van der Waals surface area (Å²) in [5.41, 5.74) is 3.07. The van der Waals surface area contributed by atoms with Crippen LogP contribution in [-0.2, 0) is 16.7 Å². The Morgan fingerprint density at radius 1 is 1.12 bits per heavy atom. The van der Waals surface area contributed by atoms with Crippen molar-refractivity contribution < 1.29 is 17.5 Å². The molecule has 0 fully saturated rings. The molecule has 1 heterocycles. The Labute approximate surface area is 152 Å². The number of nitrogens with zero attached hydrogens (tertiary/aromatic N) is 2. The Bertz CT molecular complexity index is 998. The molecule has 0 saturated carbocycles. The Morgan fingerprint density at radius 2 is 1.84 bits per heavy atom. The van der Waals surface area contributed by atoms with E-state index >= 15 is 0 Å². The van der Waals surface area contributed by atoms with Gasteiger partial charge in [-0.1, -0.05) is 29.8 Å². The first kappa shape index (κ1) is 17.9. The molecule has 7 heteroatoms. The SMILES string of the molecule is Cc1n(-c2ccccc2)c2ccc(Cl)cc2[n+]1CCCCS(=O)(=O)[O-]. The molecule has 0 bridgehead atoms. The Balaban J connectivity index is 2.00. The maximum Gasteiger partial charge on any atom is 0.259 e. The number of imidazole rings is 1. The molecule has 2 aromatic carbocycles. The van der Waals surface area contributed by atoms with Gasteiger partial charge in [-0.25, -0.2) is 13.0 Å². The number of hydrogen-bond donors (Lipinski definition) is 0. The van der Waals surface area contributed by atoms with Gasteiger partial charge >= 0.3 is 0 Å². The molecule has 0 spiro atoms. The van der Waals surface area contributed by atoms with Gasteiger partial charge in [0, 0.05) is 23.8 Å². The zero-order valence-corrected chi connectivity index (χ0v) is 15.4. The first-order valence-corrected chi connectivity index (χ1v) is 10.0. The molecule has 0 aliphatic heterocycles. The van der Waals surface area contributed by atoms with Gasteiger partial charge in [-0.3, -0.25) is 0 Å². The smallest absolute Gasteiger partial charge is 0.259 e. The van der Waals surface area contributed by atoms with Crippen molar-refractivity contribution in [3.8, 4) is 5.69 Å². The zero-order chi connectivity index (χ0) is 18.0. The molecular weight excluding hydrogens is 360 g/mol. The minimum Gasteiger partial charge on any atom is -0.748 e. The van der Waals surface area contributed by atoms with Crippen LogP contribution in [0, 0.1) is 6.92 Å². The topological polar surface area (TPSA) is 66.0 Å². The van der Waals surface area contributed by atoms with Crippen LogP contribution in [0.4, 0.5) is 0 Å². The fraction of sp³-hybridized carbons (Fsp3) is 0.278. The van der Waals surface area contributed by atoms with E-state index in [9.17, 15) is 13.0 Å². The predicted octanol–water partition coefficient (Wildman–Crippen LogP) is 3.21. The number of hydrogen-bond acceptors (Lipinski definition) is 3. The minimum atomic E-state index is -4.16. The number of rotatable bonds is 6. The molecule has 5 nitrogen and oxygen atoms in total. The van der Waals surface area contributed by atoms with Crippen LogP contribution in [0.15, 0.2) is 48.5 Å². The van der Waals surface area contributed by atoms with Crippen molar-refractivity contribution in [2.24, 2.45) is 0 Å². The molecule has 132 valence electrons. The fourth-order valence-corrected chi connectivity index (χ4v) is 3.83. The zero-order valence-electron chi connectivity index (χ0n) is 13.9. The molecule has 1 aromatic heterocycles. The summed E-state index contributed by atoms with van der Waals surface area (Å²) in [6, 6.07) is 15.8. The van der Waals surface area contributed by atoms with E-state index in [2.05, 4.69) is 9.13 Å². The van der Waals surface area contributed by atoms with Gasteiger partial charge in [0.1, 0.15) is 5.69 Å². The van der Waals surface area contributed by atoms with E-state index in [1.54, 1.807) is 0 Å². The molecule has 0 atom stereocenters. The van der Waals surface area contributed by atoms with Crippen LogP contribution < -0.4 is 4.57 Å². The van der Waals surface area contributed by atoms with Crippen LogP contribution in [0.3, 0.4) is 0 Å². The standard InChI is InChI=1S/C18H19ClN2O3S/c1-14-20(11-5-6-12-25(22,23)24)18-13-15(19)9-10-17(18)21(14)16-7-3-2-4-8-16/h2-4,7-10,13H,5-6,11-12H2,1H3. The van der Waals surface area contributed by atoms with Crippen LogP contribution in [0.5, 0.6) is 0 Å². The molecule has 0 aliphatic rings. The number of fused-ring (bicyclic) bond motifs is 1. The molecule has 0 N–H and O–H groups in total. The first-order valence-electron chi connectivity index (χ1n) is 8.06. The summed E-state index contributed by atoms with van der Waals surface area (Å²) >= 11 is 6.18. The van der Waals surface area contributed by atoms with Crippen molar-refractivity contribution in [3.63, 3.8) is 0 Å². The lowest BCUT2D eigenvalue weighted by atomic mass is 10.2. The Kier molecular flexibility index (Phi) is 5.13. The Hall–Kier alpha value is -1.89. The average molecular weight is 379 g/mol. The minimum absolute atomic E-state index is 0.329. The molecule has 3 rings (SSSR count). The van der Waals surface area contributed by atoms with E-state index in [0.717, 1.165) is 22.5 Å². The lowest BCUT2D eigenvalue weighted by molar-refractivity contribution is -0.678. The van der Waals surface area contributed by atoms with Crippen LogP contribution in [0.25, 0.3) is 16.7 Å². The van der Waals surface area contributed by atoms with Crippen LogP contribution in [-0.4, -0.2) is 23.3 Å². The summed E-state index contributed by atoms with van der Waals surface area (Å²) in [5.74, 6) is 0.693. The fourth-order valence-electron chi connectivity index (χ4n) is 3.11. The largest absolute Gasteiger partial charge is 0.748 e. The molecule has 0 amide bonds. The highest BCUT2D eigenvalue weighted by atomic mass is 35.5. The third-order valence-corrected chi connectivity index (χ3v) is 5.25. The molecule has 3 aromatic rings. The van der Waals surface area contributed by atoms with Gasteiger partial charge in [0.25, 0.3) is 5.82 Å². The lowest BCUT2D eigenvalue weighted by Gasteiger charge is -2.06. The third-order valence-electron chi connectivity index (χ3n) is 4.22. The average Bonchev–Trinajstić information content (AvgIpc) is 2.83. The second kappa shape index (κ2) is 7.15. The molecule has 0 saturated heterocycles. The number of aryl methyl sites for hydroxylation is 1. The van der Waals surface area contributed by atoms with Gasteiger partial charge in [0.2, 0.25) is 0 Å². The number of unbranched alkanes of at least 4 members (excludes halogenated alkanes) is 1. The molecule has 0 radical (unpaired) electrons. The predicted molar refractivity (Wildman–Crippen MR) is 97.0 cm³/mol. The summed E-state index contributed by atoms with van der Waals surface area (Å²) in [5, 5.41) is 0.647. The maximum absolute atomic E-state index is 10.8. The monoisotopic (exact) mass is 378 g/mol. The van der Waals surface area contributed by atoms with E-state index in [0.29, 0.717) is 24.4 Å². The molecule has 25 heavy (non-hydrogen) atoms. The van der Waals surface area contributed by atoms with Crippen molar-refractivity contribution in [1.82, 2.24) is 4.57 Å². The van der Waals surface area contributed by atoms with E-state index in [-0.39, 0.29) is 5.75 Å². The summed E-state index contributed by atoms with van der Waals surface area (Å²) < 4.78 is 36.6. The van der Waals surface area contributed by atoms with Crippen LogP contribution >= 0.6 is 11.6 Å².